The minimum absolute atomic E-state index is 0.0729. The van der Waals surface area contributed by atoms with Gasteiger partial charge in [-0.3, -0.25) is 4.21 Å². The lowest BCUT2D eigenvalue weighted by Gasteiger charge is -2.01. The fourth-order valence-electron chi connectivity index (χ4n) is 1.39. The van der Waals surface area contributed by atoms with Gasteiger partial charge in [0.2, 0.25) is 5.69 Å². The quantitative estimate of drug-likeness (QED) is 0.813. The Morgan fingerprint density at radius 2 is 2.05 bits per heavy atom. The molecule has 1 aromatic heterocycles. The zero-order valence-electron chi connectivity index (χ0n) is 9.99. The lowest BCUT2D eigenvalue weighted by atomic mass is 10.2. The summed E-state index contributed by atoms with van der Waals surface area (Å²) < 4.78 is 11.2. The van der Waals surface area contributed by atoms with Crippen molar-refractivity contribution in [2.75, 3.05) is 6.26 Å². The van der Waals surface area contributed by atoms with Crippen molar-refractivity contribution in [1.82, 2.24) is 15.4 Å². The van der Waals surface area contributed by atoms with Crippen molar-refractivity contribution in [2.45, 2.75) is 15.7 Å². The third kappa shape index (κ3) is 3.42. The maximum atomic E-state index is 11.2. The molecule has 0 spiro atoms. The van der Waals surface area contributed by atoms with E-state index in [1.165, 1.54) is 11.8 Å². The van der Waals surface area contributed by atoms with Crippen LogP contribution in [-0.2, 0) is 16.6 Å². The number of thioether (sulfide) groups is 1. The first-order valence-electron chi connectivity index (χ1n) is 5.27. The molecule has 0 amide bonds. The van der Waals surface area contributed by atoms with Gasteiger partial charge >= 0.3 is 5.97 Å². The van der Waals surface area contributed by atoms with Gasteiger partial charge < -0.3 is 5.11 Å². The number of rotatable bonds is 5. The highest BCUT2D eigenvalue weighted by atomic mass is 32.2. The molecule has 0 radical (unpaired) electrons. The molecule has 0 saturated carbocycles. The third-order valence-corrected chi connectivity index (χ3v) is 4.32. The molecule has 8 heteroatoms. The fraction of sp³-hybridized carbons (Fsp3) is 0.182. The number of nitrogens with zero attached hydrogens (tertiary/aromatic N) is 2. The van der Waals surface area contributed by atoms with Gasteiger partial charge in [-0.05, 0) is 17.7 Å². The highest BCUT2D eigenvalue weighted by Gasteiger charge is 2.15. The topological polar surface area (TPSA) is 95.9 Å². The van der Waals surface area contributed by atoms with Crippen LogP contribution < -0.4 is 0 Å². The monoisotopic (exact) mass is 297 g/mol. The first-order chi connectivity index (χ1) is 9.08. The molecule has 1 atom stereocenters. The van der Waals surface area contributed by atoms with Crippen molar-refractivity contribution in [2.24, 2.45) is 0 Å². The zero-order valence-corrected chi connectivity index (χ0v) is 11.6. The van der Waals surface area contributed by atoms with Gasteiger partial charge in [0.1, 0.15) is 0 Å². The minimum Gasteiger partial charge on any atom is -0.476 e. The summed E-state index contributed by atoms with van der Waals surface area (Å²) in [4.78, 5) is 11.6. The van der Waals surface area contributed by atoms with Crippen molar-refractivity contribution in [3.05, 3.63) is 35.5 Å². The second kappa shape index (κ2) is 5.98. The number of carboxylic acid groups (broad SMARTS) is 1. The maximum absolute atomic E-state index is 11.2. The summed E-state index contributed by atoms with van der Waals surface area (Å²) in [7, 11) is -0.992. The molecular weight excluding hydrogens is 286 g/mol. The van der Waals surface area contributed by atoms with Crippen LogP contribution in [-0.4, -0.2) is 37.0 Å². The largest absolute Gasteiger partial charge is 0.476 e. The summed E-state index contributed by atoms with van der Waals surface area (Å²) in [5, 5.41) is 18.9. The SMILES string of the molecule is CS(=O)c1ccc(CSc2n[nH]nc2C(=O)O)cc1. The van der Waals surface area contributed by atoms with E-state index in [0.717, 1.165) is 10.5 Å². The Kier molecular flexibility index (Phi) is 4.33. The number of nitrogens with one attached hydrogen (secondary N) is 1. The summed E-state index contributed by atoms with van der Waals surface area (Å²) in [6.07, 6.45) is 1.62. The number of hydrogen-bond donors (Lipinski definition) is 2. The molecular formula is C11H11N3O3S2. The molecule has 0 aliphatic heterocycles. The van der Waals surface area contributed by atoms with E-state index >= 15 is 0 Å². The van der Waals surface area contributed by atoms with E-state index in [9.17, 15) is 9.00 Å². The van der Waals surface area contributed by atoms with Gasteiger partial charge in [-0.1, -0.05) is 23.9 Å². The average Bonchev–Trinajstić information content (AvgIpc) is 2.85. The Morgan fingerprint density at radius 3 is 2.63 bits per heavy atom. The standard InChI is InChI=1S/C11H11N3O3S2/c1-19(17)8-4-2-7(3-5-8)6-18-10-9(11(15)16)12-14-13-10/h2-5H,6H2,1H3,(H,15,16)(H,12,13,14). The van der Waals surface area contributed by atoms with Crippen molar-refractivity contribution < 1.29 is 14.1 Å². The Morgan fingerprint density at radius 1 is 1.37 bits per heavy atom. The van der Waals surface area contributed by atoms with Gasteiger partial charge in [0.25, 0.3) is 0 Å². The van der Waals surface area contributed by atoms with Gasteiger partial charge in [-0.15, -0.1) is 10.2 Å². The molecule has 2 rings (SSSR count). The molecule has 2 N–H and O–H groups in total. The predicted molar refractivity (Wildman–Crippen MR) is 71.7 cm³/mol. The van der Waals surface area contributed by atoms with Gasteiger partial charge in [-0.25, -0.2) is 4.79 Å². The lowest BCUT2D eigenvalue weighted by Crippen LogP contribution is -1.98. The predicted octanol–water partition coefficient (Wildman–Crippen LogP) is 1.53. The smallest absolute Gasteiger partial charge is 0.359 e. The molecule has 0 saturated heterocycles. The molecule has 0 aliphatic carbocycles. The van der Waals surface area contributed by atoms with E-state index in [0.29, 0.717) is 10.8 Å². The van der Waals surface area contributed by atoms with Crippen molar-refractivity contribution in [3.63, 3.8) is 0 Å². The second-order valence-corrected chi connectivity index (χ2v) is 6.01. The number of benzene rings is 1. The first-order valence-corrected chi connectivity index (χ1v) is 7.81. The van der Waals surface area contributed by atoms with Crippen LogP contribution in [0.3, 0.4) is 0 Å². The summed E-state index contributed by atoms with van der Waals surface area (Å²) >= 11 is 1.29. The lowest BCUT2D eigenvalue weighted by molar-refractivity contribution is 0.0686. The minimum atomic E-state index is -1.10. The van der Waals surface area contributed by atoms with Crippen LogP contribution in [0, 0.1) is 0 Å². The van der Waals surface area contributed by atoms with Gasteiger partial charge in [0, 0.05) is 27.7 Å². The van der Waals surface area contributed by atoms with E-state index in [1.807, 2.05) is 12.1 Å². The highest BCUT2D eigenvalue weighted by Crippen LogP contribution is 2.23. The maximum Gasteiger partial charge on any atom is 0.359 e. The molecule has 0 bridgehead atoms. The highest BCUT2D eigenvalue weighted by molar-refractivity contribution is 7.98. The molecule has 2 aromatic rings. The second-order valence-electron chi connectivity index (χ2n) is 3.67. The van der Waals surface area contributed by atoms with Gasteiger partial charge in [0.15, 0.2) is 5.03 Å². The summed E-state index contributed by atoms with van der Waals surface area (Å²) in [6.45, 7) is 0. The van der Waals surface area contributed by atoms with Crippen LogP contribution in [0.2, 0.25) is 0 Å². The number of carboxylic acids is 1. The molecule has 0 aliphatic rings. The van der Waals surface area contributed by atoms with Crippen LogP contribution in [0.5, 0.6) is 0 Å². The number of aromatic carboxylic acids is 1. The molecule has 1 heterocycles. The van der Waals surface area contributed by atoms with Crippen LogP contribution in [0.1, 0.15) is 16.1 Å². The summed E-state index contributed by atoms with van der Waals surface area (Å²) in [5.41, 5.74) is 0.926. The molecule has 100 valence electrons. The number of H-pyrrole nitrogens is 1. The van der Waals surface area contributed by atoms with Crippen molar-refractivity contribution in [1.29, 1.82) is 0 Å². The first kappa shape index (κ1) is 13.8. The Hall–Kier alpha value is -1.67. The molecule has 19 heavy (non-hydrogen) atoms. The van der Waals surface area contributed by atoms with Crippen molar-refractivity contribution in [3.8, 4) is 0 Å². The zero-order chi connectivity index (χ0) is 13.8. The van der Waals surface area contributed by atoms with E-state index in [-0.39, 0.29) is 5.69 Å². The summed E-state index contributed by atoms with van der Waals surface area (Å²) in [6, 6.07) is 7.33. The van der Waals surface area contributed by atoms with Crippen LogP contribution in [0.4, 0.5) is 0 Å². The van der Waals surface area contributed by atoms with Crippen LogP contribution >= 0.6 is 11.8 Å². The number of aromatic nitrogens is 3. The van der Waals surface area contributed by atoms with E-state index < -0.39 is 16.8 Å². The Labute approximate surface area is 116 Å². The molecule has 0 fully saturated rings. The van der Waals surface area contributed by atoms with Crippen LogP contribution in [0.15, 0.2) is 34.2 Å². The number of aromatic amines is 1. The van der Waals surface area contributed by atoms with Crippen LogP contribution in [0.25, 0.3) is 0 Å². The fourth-order valence-corrected chi connectivity index (χ4v) is 2.78. The van der Waals surface area contributed by atoms with Gasteiger partial charge in [-0.2, -0.15) is 5.21 Å². The third-order valence-electron chi connectivity index (χ3n) is 2.35. The number of carbonyl (C=O) groups is 1. The Balaban J connectivity index is 2.04. The number of hydrogen-bond acceptors (Lipinski definition) is 5. The van der Waals surface area contributed by atoms with E-state index in [4.69, 9.17) is 5.11 Å². The molecule has 6 nitrogen and oxygen atoms in total. The normalized spacial score (nSPS) is 12.3. The Bertz CT molecular complexity index is 610. The average molecular weight is 297 g/mol. The van der Waals surface area contributed by atoms with Crippen molar-refractivity contribution >= 4 is 28.5 Å². The van der Waals surface area contributed by atoms with Gasteiger partial charge in [0.05, 0.1) is 0 Å². The molecule has 1 unspecified atom stereocenters. The summed E-state index contributed by atoms with van der Waals surface area (Å²) in [5.74, 6) is -0.531. The van der Waals surface area contributed by atoms with E-state index in [2.05, 4.69) is 15.4 Å². The molecule has 1 aromatic carbocycles. The van der Waals surface area contributed by atoms with E-state index in [1.54, 1.807) is 18.4 Å².